The second-order valence-corrected chi connectivity index (χ2v) is 8.49. The molecule has 6 heteroatoms. The van der Waals surface area contributed by atoms with Crippen LogP contribution in [-0.2, 0) is 0 Å². The number of aromatic nitrogens is 1. The van der Waals surface area contributed by atoms with E-state index in [-0.39, 0.29) is 12.1 Å². The van der Waals surface area contributed by atoms with Gasteiger partial charge in [0.1, 0.15) is 5.76 Å². The Morgan fingerprint density at radius 3 is 2.74 bits per heavy atom. The van der Waals surface area contributed by atoms with Crippen molar-refractivity contribution in [2.75, 3.05) is 18.8 Å². The van der Waals surface area contributed by atoms with E-state index in [2.05, 4.69) is 22.2 Å². The van der Waals surface area contributed by atoms with Crippen molar-refractivity contribution in [2.24, 2.45) is 0 Å². The van der Waals surface area contributed by atoms with Crippen LogP contribution in [0.5, 0.6) is 0 Å². The maximum atomic E-state index is 12.7. The number of thioether (sulfide) groups is 1. The van der Waals surface area contributed by atoms with Crippen LogP contribution >= 0.6 is 11.8 Å². The predicted molar refractivity (Wildman–Crippen MR) is 92.8 cm³/mol. The number of aryl methyl sites for hydroxylation is 2. The molecular weight excluding hydrogens is 310 g/mol. The van der Waals surface area contributed by atoms with E-state index in [1.54, 1.807) is 0 Å². The highest BCUT2D eigenvalue weighted by molar-refractivity contribution is 8.00. The largest absolute Gasteiger partial charge is 0.361 e. The van der Waals surface area contributed by atoms with Gasteiger partial charge in [-0.3, -0.25) is 0 Å². The molecule has 2 aliphatic rings. The molecule has 5 nitrogen and oxygen atoms in total. The molecule has 2 fully saturated rings. The molecule has 0 aromatic carbocycles. The van der Waals surface area contributed by atoms with Crippen LogP contribution in [0.3, 0.4) is 0 Å². The summed E-state index contributed by atoms with van der Waals surface area (Å²) in [6, 6.07) is -0.0339. The van der Waals surface area contributed by atoms with Crippen LogP contribution in [0.1, 0.15) is 62.1 Å². The molecule has 3 rings (SSSR count). The Labute approximate surface area is 142 Å². The van der Waals surface area contributed by atoms with Gasteiger partial charge in [0.25, 0.3) is 0 Å². The molecule has 128 valence electrons. The lowest BCUT2D eigenvalue weighted by atomic mass is 9.87. The molecule has 0 bridgehead atoms. The minimum atomic E-state index is -0.0781. The molecule has 1 N–H and O–H groups in total. The van der Waals surface area contributed by atoms with Gasteiger partial charge >= 0.3 is 6.03 Å². The molecule has 0 radical (unpaired) electrons. The topological polar surface area (TPSA) is 58.4 Å². The molecule has 1 saturated heterocycles. The molecule has 1 aromatic rings. The fraction of sp³-hybridized carbons (Fsp3) is 0.765. The van der Waals surface area contributed by atoms with Gasteiger partial charge in [0.2, 0.25) is 0 Å². The number of carbonyl (C=O) groups is 1. The summed E-state index contributed by atoms with van der Waals surface area (Å²) in [5.41, 5.74) is 1.85. The minimum Gasteiger partial charge on any atom is -0.361 e. The highest BCUT2D eigenvalue weighted by atomic mass is 32.2. The highest BCUT2D eigenvalue weighted by Gasteiger charge is 2.39. The van der Waals surface area contributed by atoms with E-state index < -0.39 is 0 Å². The molecule has 1 aromatic heterocycles. The van der Waals surface area contributed by atoms with Crippen LogP contribution in [0.25, 0.3) is 0 Å². The molecule has 23 heavy (non-hydrogen) atoms. The Morgan fingerprint density at radius 1 is 1.35 bits per heavy atom. The minimum absolute atomic E-state index is 0.0442. The lowest BCUT2D eigenvalue weighted by Gasteiger charge is -2.44. The third-order valence-corrected chi connectivity index (χ3v) is 6.70. The molecule has 1 saturated carbocycles. The van der Waals surface area contributed by atoms with Gasteiger partial charge < -0.3 is 14.7 Å². The summed E-state index contributed by atoms with van der Waals surface area (Å²) in [6.45, 7) is 7.54. The summed E-state index contributed by atoms with van der Waals surface area (Å²) in [5, 5.41) is 7.12. The summed E-state index contributed by atoms with van der Waals surface area (Å²) in [6.07, 6.45) is 6.45. The molecule has 1 aliphatic carbocycles. The van der Waals surface area contributed by atoms with E-state index in [1.165, 1.54) is 32.1 Å². The van der Waals surface area contributed by atoms with Crippen molar-refractivity contribution in [2.45, 2.75) is 63.7 Å². The van der Waals surface area contributed by atoms with Crippen LogP contribution < -0.4 is 5.32 Å². The van der Waals surface area contributed by atoms with E-state index in [1.807, 2.05) is 25.7 Å². The van der Waals surface area contributed by atoms with Crippen LogP contribution in [0.2, 0.25) is 0 Å². The Bertz CT molecular complexity index is 541. The predicted octanol–water partition coefficient (Wildman–Crippen LogP) is 3.81. The third-order valence-electron chi connectivity index (χ3n) is 5.16. The Morgan fingerprint density at radius 2 is 2.09 bits per heavy atom. The Hall–Kier alpha value is -1.17. The first-order valence-corrected chi connectivity index (χ1v) is 9.61. The van der Waals surface area contributed by atoms with E-state index in [4.69, 9.17) is 4.52 Å². The van der Waals surface area contributed by atoms with Gasteiger partial charge in [0.05, 0.1) is 11.7 Å². The lowest BCUT2D eigenvalue weighted by Crippen LogP contribution is -2.53. The number of rotatable bonds is 2. The summed E-state index contributed by atoms with van der Waals surface area (Å²) in [7, 11) is 0. The first-order valence-electron chi connectivity index (χ1n) is 8.63. The average molecular weight is 337 g/mol. The van der Waals surface area contributed by atoms with Gasteiger partial charge in [-0.15, -0.1) is 0 Å². The zero-order valence-corrected chi connectivity index (χ0v) is 15.2. The van der Waals surface area contributed by atoms with Gasteiger partial charge in [0.15, 0.2) is 0 Å². The molecular formula is C17H27N3O2S. The standard InChI is InChI=1S/C17H27N3O2S/c1-12(15-13(2)19-22-14(15)3)18-16(21)20-9-10-23-17(11-20)7-5-4-6-8-17/h12H,4-11H2,1-3H3,(H,18,21)/t12-/m0/s1. The average Bonchev–Trinajstić information content (AvgIpc) is 2.87. The number of nitrogens with zero attached hydrogens (tertiary/aromatic N) is 2. The molecule has 1 spiro atoms. The van der Waals surface area contributed by atoms with Crippen molar-refractivity contribution in [3.8, 4) is 0 Å². The number of nitrogens with one attached hydrogen (secondary N) is 1. The number of hydrogen-bond acceptors (Lipinski definition) is 4. The second-order valence-electron chi connectivity index (χ2n) is 6.92. The van der Waals surface area contributed by atoms with Crippen LogP contribution in [0, 0.1) is 13.8 Å². The quantitative estimate of drug-likeness (QED) is 0.891. The fourth-order valence-corrected chi connectivity index (χ4v) is 5.54. The van der Waals surface area contributed by atoms with Crippen molar-refractivity contribution in [3.63, 3.8) is 0 Å². The van der Waals surface area contributed by atoms with Gasteiger partial charge in [-0.25, -0.2) is 4.79 Å². The summed E-state index contributed by atoms with van der Waals surface area (Å²) >= 11 is 2.08. The number of hydrogen-bond donors (Lipinski definition) is 1. The first kappa shape index (κ1) is 16.7. The molecule has 2 amide bonds. The maximum Gasteiger partial charge on any atom is 0.317 e. The van der Waals surface area contributed by atoms with Gasteiger partial charge in [-0.1, -0.05) is 24.4 Å². The summed E-state index contributed by atoms with van der Waals surface area (Å²) in [5.74, 6) is 1.83. The van der Waals surface area contributed by atoms with Gasteiger partial charge in [0, 0.05) is 29.2 Å². The smallest absolute Gasteiger partial charge is 0.317 e. The van der Waals surface area contributed by atoms with Crippen molar-refractivity contribution in [1.29, 1.82) is 0 Å². The normalized spacial score (nSPS) is 22.1. The molecule has 2 heterocycles. The van der Waals surface area contributed by atoms with Crippen molar-refractivity contribution >= 4 is 17.8 Å². The molecule has 1 aliphatic heterocycles. The number of amides is 2. The highest BCUT2D eigenvalue weighted by Crippen LogP contribution is 2.42. The summed E-state index contributed by atoms with van der Waals surface area (Å²) < 4.78 is 5.52. The fourth-order valence-electron chi connectivity index (χ4n) is 3.97. The van der Waals surface area contributed by atoms with Crippen LogP contribution in [0.4, 0.5) is 4.79 Å². The van der Waals surface area contributed by atoms with Crippen LogP contribution in [-0.4, -0.2) is 39.7 Å². The van der Waals surface area contributed by atoms with E-state index in [0.717, 1.165) is 35.9 Å². The van der Waals surface area contributed by atoms with E-state index in [9.17, 15) is 4.79 Å². The van der Waals surface area contributed by atoms with Crippen molar-refractivity contribution < 1.29 is 9.32 Å². The monoisotopic (exact) mass is 337 g/mol. The van der Waals surface area contributed by atoms with E-state index in [0.29, 0.717) is 4.75 Å². The van der Waals surface area contributed by atoms with Gasteiger partial charge in [-0.05, 0) is 33.6 Å². The number of urea groups is 1. The van der Waals surface area contributed by atoms with Crippen molar-refractivity contribution in [1.82, 2.24) is 15.4 Å². The zero-order chi connectivity index (χ0) is 16.4. The van der Waals surface area contributed by atoms with Crippen molar-refractivity contribution in [3.05, 3.63) is 17.0 Å². The third kappa shape index (κ3) is 3.52. The first-order chi connectivity index (χ1) is 11.0. The zero-order valence-electron chi connectivity index (χ0n) is 14.4. The van der Waals surface area contributed by atoms with Crippen LogP contribution in [0.15, 0.2) is 4.52 Å². The Balaban J connectivity index is 1.63. The second kappa shape index (κ2) is 6.75. The Kier molecular flexibility index (Phi) is 4.90. The SMILES string of the molecule is Cc1noc(C)c1[C@H](C)NC(=O)N1CCSC2(CCCCC2)C1. The summed E-state index contributed by atoms with van der Waals surface area (Å²) in [4.78, 5) is 14.7. The lowest BCUT2D eigenvalue weighted by molar-refractivity contribution is 0.182. The van der Waals surface area contributed by atoms with E-state index >= 15 is 0 Å². The number of carbonyl (C=O) groups excluding carboxylic acids is 1. The maximum absolute atomic E-state index is 12.7. The molecule has 0 unspecified atom stereocenters. The van der Waals surface area contributed by atoms with Gasteiger partial charge in [-0.2, -0.15) is 11.8 Å². The molecule has 1 atom stereocenters.